The quantitative estimate of drug-likeness (QED) is 0.644. The average Bonchev–Trinajstić information content (AvgIpc) is 2.55. The van der Waals surface area contributed by atoms with Gasteiger partial charge in [0.05, 0.1) is 0 Å². The molecule has 0 aliphatic heterocycles. The van der Waals surface area contributed by atoms with Crippen LogP contribution in [0.5, 0.6) is 0 Å². The summed E-state index contributed by atoms with van der Waals surface area (Å²) >= 11 is 6.13. The summed E-state index contributed by atoms with van der Waals surface area (Å²) in [6, 6.07) is 10.8. The predicted octanol–water partition coefficient (Wildman–Crippen LogP) is 5.51. The molecule has 0 spiro atoms. The van der Waals surface area contributed by atoms with Gasteiger partial charge in [-0.3, -0.25) is 0 Å². The largest absolute Gasteiger partial charge is 0.340 e. The molecule has 2 aromatic carbocycles. The van der Waals surface area contributed by atoms with Gasteiger partial charge in [0.1, 0.15) is 5.82 Å². The van der Waals surface area contributed by atoms with Gasteiger partial charge >= 0.3 is 0 Å². The highest BCUT2D eigenvalue weighted by molar-refractivity contribution is 6.31. The maximum atomic E-state index is 13.3. The van der Waals surface area contributed by atoms with Crippen molar-refractivity contribution < 1.29 is 8.78 Å². The van der Waals surface area contributed by atoms with Crippen molar-refractivity contribution in [3.8, 4) is 0 Å². The number of nitrogens with one attached hydrogen (secondary N) is 2. The number of benzene rings is 2. The van der Waals surface area contributed by atoms with E-state index < -0.39 is 11.6 Å². The van der Waals surface area contributed by atoms with Gasteiger partial charge < -0.3 is 10.6 Å². The fourth-order valence-electron chi connectivity index (χ4n) is 2.27. The summed E-state index contributed by atoms with van der Waals surface area (Å²) in [4.78, 5) is 8.61. The third-order valence-corrected chi connectivity index (χ3v) is 3.97. The van der Waals surface area contributed by atoms with Gasteiger partial charge in [0.25, 0.3) is 0 Å². The van der Waals surface area contributed by atoms with Crippen molar-refractivity contribution >= 4 is 34.7 Å². The van der Waals surface area contributed by atoms with Crippen LogP contribution < -0.4 is 10.6 Å². The van der Waals surface area contributed by atoms with Gasteiger partial charge in [0.15, 0.2) is 11.6 Å². The zero-order valence-corrected chi connectivity index (χ0v) is 14.3. The van der Waals surface area contributed by atoms with Crippen molar-refractivity contribution in [2.24, 2.45) is 0 Å². The van der Waals surface area contributed by atoms with E-state index >= 15 is 0 Å². The van der Waals surface area contributed by atoms with Crippen LogP contribution in [0.1, 0.15) is 11.3 Å². The Hall–Kier alpha value is -2.73. The third kappa shape index (κ3) is 4.03. The molecule has 0 unspecified atom stereocenters. The number of anilines is 4. The first-order chi connectivity index (χ1) is 11.9. The molecule has 0 saturated heterocycles. The normalized spacial score (nSPS) is 10.6. The molecular weight excluding hydrogens is 346 g/mol. The molecule has 0 aliphatic rings. The Morgan fingerprint density at radius 1 is 0.920 bits per heavy atom. The second kappa shape index (κ2) is 7.03. The molecule has 0 fully saturated rings. The first kappa shape index (κ1) is 17.1. The first-order valence-electron chi connectivity index (χ1n) is 7.52. The smallest absolute Gasteiger partial charge is 0.229 e. The van der Waals surface area contributed by atoms with Crippen LogP contribution in [-0.4, -0.2) is 9.97 Å². The van der Waals surface area contributed by atoms with E-state index in [2.05, 4.69) is 20.6 Å². The van der Waals surface area contributed by atoms with Crippen LogP contribution in [0.4, 0.5) is 31.9 Å². The number of aryl methyl sites for hydroxylation is 1. The standard InChI is InChI=1S/C18H15ClF2N4/c1-10-8-17(24-16-5-3-4-13(19)11(16)2)25-18(22-10)23-12-6-7-14(20)15(21)9-12/h3-9H,1-2H3,(H2,22,23,24,25). The summed E-state index contributed by atoms with van der Waals surface area (Å²) in [7, 11) is 0. The Labute approximate surface area is 148 Å². The van der Waals surface area contributed by atoms with Gasteiger partial charge in [-0.1, -0.05) is 17.7 Å². The van der Waals surface area contributed by atoms with Crippen molar-refractivity contribution in [1.29, 1.82) is 0 Å². The zero-order valence-electron chi connectivity index (χ0n) is 13.6. The highest BCUT2D eigenvalue weighted by atomic mass is 35.5. The van der Waals surface area contributed by atoms with Gasteiger partial charge in [-0.2, -0.15) is 4.98 Å². The van der Waals surface area contributed by atoms with E-state index in [1.165, 1.54) is 6.07 Å². The summed E-state index contributed by atoms with van der Waals surface area (Å²) < 4.78 is 26.4. The molecular formula is C18H15ClF2N4. The van der Waals surface area contributed by atoms with Gasteiger partial charge in [-0.05, 0) is 43.7 Å². The van der Waals surface area contributed by atoms with Crippen LogP contribution in [0.25, 0.3) is 0 Å². The maximum absolute atomic E-state index is 13.3. The van der Waals surface area contributed by atoms with Crippen LogP contribution >= 0.6 is 11.6 Å². The number of rotatable bonds is 4. The molecule has 0 amide bonds. The minimum Gasteiger partial charge on any atom is -0.340 e. The molecule has 4 nitrogen and oxygen atoms in total. The molecule has 128 valence electrons. The third-order valence-electron chi connectivity index (χ3n) is 3.56. The summed E-state index contributed by atoms with van der Waals surface area (Å²) in [5.41, 5.74) is 2.79. The van der Waals surface area contributed by atoms with Gasteiger partial charge in [-0.25, -0.2) is 13.8 Å². The lowest BCUT2D eigenvalue weighted by Gasteiger charge is -2.12. The van der Waals surface area contributed by atoms with Crippen LogP contribution in [-0.2, 0) is 0 Å². The molecule has 1 aromatic heterocycles. The minimum atomic E-state index is -0.939. The highest BCUT2D eigenvalue weighted by Crippen LogP contribution is 2.26. The number of halogens is 3. The Morgan fingerprint density at radius 3 is 2.48 bits per heavy atom. The van der Waals surface area contributed by atoms with E-state index in [-0.39, 0.29) is 5.95 Å². The number of hydrogen-bond acceptors (Lipinski definition) is 4. The molecule has 3 rings (SSSR count). The molecule has 0 aliphatic carbocycles. The molecule has 2 N–H and O–H groups in total. The second-order valence-corrected chi connectivity index (χ2v) is 5.92. The molecule has 1 heterocycles. The van der Waals surface area contributed by atoms with E-state index in [4.69, 9.17) is 11.6 Å². The first-order valence-corrected chi connectivity index (χ1v) is 7.90. The molecule has 0 radical (unpaired) electrons. The molecule has 0 bridgehead atoms. The van der Waals surface area contributed by atoms with E-state index in [0.717, 1.165) is 23.4 Å². The van der Waals surface area contributed by atoms with E-state index in [0.29, 0.717) is 22.2 Å². The SMILES string of the molecule is Cc1cc(Nc2cccc(Cl)c2C)nc(Nc2ccc(F)c(F)c2)n1. The van der Waals surface area contributed by atoms with E-state index in [1.54, 1.807) is 6.07 Å². The Balaban J connectivity index is 1.87. The van der Waals surface area contributed by atoms with Gasteiger partial charge in [0.2, 0.25) is 5.95 Å². The minimum absolute atomic E-state index is 0.271. The number of aromatic nitrogens is 2. The number of hydrogen-bond donors (Lipinski definition) is 2. The van der Waals surface area contributed by atoms with Crippen molar-refractivity contribution in [3.63, 3.8) is 0 Å². The Morgan fingerprint density at radius 2 is 1.72 bits per heavy atom. The summed E-state index contributed by atoms with van der Waals surface area (Å²) in [5, 5.41) is 6.71. The van der Waals surface area contributed by atoms with Crippen molar-refractivity contribution in [3.05, 3.63) is 70.4 Å². The molecule has 7 heteroatoms. The molecule has 0 atom stereocenters. The van der Waals surface area contributed by atoms with E-state index in [1.807, 2.05) is 32.0 Å². The Kier molecular flexibility index (Phi) is 4.81. The summed E-state index contributed by atoms with van der Waals surface area (Å²) in [5.74, 6) is -1.02. The fourth-order valence-corrected chi connectivity index (χ4v) is 2.45. The molecule has 0 saturated carbocycles. The lowest BCUT2D eigenvalue weighted by atomic mass is 10.2. The highest BCUT2D eigenvalue weighted by Gasteiger charge is 2.08. The predicted molar refractivity (Wildman–Crippen MR) is 95.9 cm³/mol. The second-order valence-electron chi connectivity index (χ2n) is 5.51. The van der Waals surface area contributed by atoms with Crippen LogP contribution in [0.2, 0.25) is 5.02 Å². The summed E-state index contributed by atoms with van der Waals surface area (Å²) in [6.45, 7) is 3.72. The van der Waals surface area contributed by atoms with Gasteiger partial charge in [0, 0.05) is 34.2 Å². The lowest BCUT2D eigenvalue weighted by molar-refractivity contribution is 0.509. The van der Waals surface area contributed by atoms with Crippen LogP contribution in [0.3, 0.4) is 0 Å². The Bertz CT molecular complexity index is 931. The molecule has 25 heavy (non-hydrogen) atoms. The summed E-state index contributed by atoms with van der Waals surface area (Å²) in [6.07, 6.45) is 0. The fraction of sp³-hybridized carbons (Fsp3) is 0.111. The zero-order chi connectivity index (χ0) is 18.0. The van der Waals surface area contributed by atoms with Crippen molar-refractivity contribution in [2.45, 2.75) is 13.8 Å². The van der Waals surface area contributed by atoms with Crippen LogP contribution in [0.15, 0.2) is 42.5 Å². The van der Waals surface area contributed by atoms with Crippen molar-refractivity contribution in [2.75, 3.05) is 10.6 Å². The monoisotopic (exact) mass is 360 g/mol. The van der Waals surface area contributed by atoms with Crippen LogP contribution in [0, 0.1) is 25.5 Å². The average molecular weight is 361 g/mol. The van der Waals surface area contributed by atoms with Gasteiger partial charge in [-0.15, -0.1) is 0 Å². The number of nitrogens with zero attached hydrogens (tertiary/aromatic N) is 2. The van der Waals surface area contributed by atoms with E-state index in [9.17, 15) is 8.78 Å². The van der Waals surface area contributed by atoms with Crippen molar-refractivity contribution in [1.82, 2.24) is 9.97 Å². The maximum Gasteiger partial charge on any atom is 0.229 e. The lowest BCUT2D eigenvalue weighted by Crippen LogP contribution is -2.03. The topological polar surface area (TPSA) is 49.8 Å². The molecule has 3 aromatic rings.